The minimum absolute atomic E-state index is 0.120. The van der Waals surface area contributed by atoms with E-state index in [9.17, 15) is 9.59 Å². The Balaban J connectivity index is 1.91. The molecule has 4 N–H and O–H groups in total. The average Bonchev–Trinajstić information content (AvgIpc) is 3.08. The molecule has 24 heavy (non-hydrogen) atoms. The van der Waals surface area contributed by atoms with Crippen LogP contribution in [0.25, 0.3) is 0 Å². The van der Waals surface area contributed by atoms with Crippen molar-refractivity contribution in [1.82, 2.24) is 10.6 Å². The van der Waals surface area contributed by atoms with Gasteiger partial charge in [0, 0.05) is 12.1 Å². The van der Waals surface area contributed by atoms with E-state index in [-0.39, 0.29) is 18.5 Å². The second-order valence-electron chi connectivity index (χ2n) is 6.00. The van der Waals surface area contributed by atoms with E-state index in [0.717, 1.165) is 11.3 Å². The molecule has 0 unspecified atom stereocenters. The zero-order chi connectivity index (χ0) is 17.4. The van der Waals surface area contributed by atoms with Crippen molar-refractivity contribution in [3.63, 3.8) is 0 Å². The Morgan fingerprint density at radius 2 is 1.88 bits per heavy atom. The molecule has 6 nitrogen and oxygen atoms in total. The lowest BCUT2D eigenvalue weighted by Crippen LogP contribution is -2.87. The molecule has 1 heterocycles. The number of carbonyl (C=O) groups is 2. The number of rotatable bonds is 7. The highest BCUT2D eigenvalue weighted by Gasteiger charge is 2.21. The maximum atomic E-state index is 12.0. The highest BCUT2D eigenvalue weighted by molar-refractivity contribution is 5.94. The van der Waals surface area contributed by atoms with E-state index in [1.54, 1.807) is 6.26 Å². The fourth-order valence-electron chi connectivity index (χ4n) is 2.29. The molecule has 0 radical (unpaired) electrons. The minimum Gasteiger partial charge on any atom is -0.463 e. The molecule has 1 aromatic carbocycles. The third-order valence-corrected chi connectivity index (χ3v) is 3.47. The summed E-state index contributed by atoms with van der Waals surface area (Å²) in [6.45, 7) is 4.63. The molecule has 0 fully saturated rings. The van der Waals surface area contributed by atoms with Gasteiger partial charge in [-0.1, -0.05) is 44.2 Å². The van der Waals surface area contributed by atoms with E-state index in [4.69, 9.17) is 4.42 Å². The van der Waals surface area contributed by atoms with Crippen LogP contribution in [-0.2, 0) is 4.79 Å². The lowest BCUT2D eigenvalue weighted by atomic mass is 10.0. The smallest absolute Gasteiger partial charge is 0.321 e. The molecule has 3 amide bonds. The highest BCUT2D eigenvalue weighted by atomic mass is 16.3. The molecule has 0 saturated heterocycles. The van der Waals surface area contributed by atoms with Crippen LogP contribution < -0.4 is 16.0 Å². The molecule has 0 spiro atoms. The SMILES string of the molecule is CC(C)CNC(=O)NC(=O)C[NH2+][C@H](c1ccccc1)c1ccco1. The van der Waals surface area contributed by atoms with Gasteiger partial charge in [0.1, 0.15) is 0 Å². The Morgan fingerprint density at radius 3 is 2.50 bits per heavy atom. The number of hydrogen-bond acceptors (Lipinski definition) is 3. The van der Waals surface area contributed by atoms with Gasteiger partial charge in [-0.25, -0.2) is 4.79 Å². The topological polar surface area (TPSA) is 88.0 Å². The number of benzene rings is 1. The second-order valence-corrected chi connectivity index (χ2v) is 6.00. The van der Waals surface area contributed by atoms with Gasteiger partial charge in [0.15, 0.2) is 18.3 Å². The Hall–Kier alpha value is -2.60. The van der Waals surface area contributed by atoms with E-state index in [0.29, 0.717) is 12.5 Å². The molecule has 0 aliphatic carbocycles. The minimum atomic E-state index is -0.462. The van der Waals surface area contributed by atoms with Crippen LogP contribution in [0, 0.1) is 5.92 Å². The number of amides is 3. The number of furan rings is 1. The molecule has 2 aromatic rings. The highest BCUT2D eigenvalue weighted by Crippen LogP contribution is 2.18. The van der Waals surface area contributed by atoms with Crippen molar-refractivity contribution in [3.05, 3.63) is 60.1 Å². The standard InChI is InChI=1S/C18H23N3O3/c1-13(2)11-20-18(23)21-16(22)12-19-17(15-9-6-10-24-15)14-7-4-3-5-8-14/h3-10,13,17,19H,11-12H2,1-2H3,(H2,20,21,22,23)/p+1/t17-/m1/s1. The maximum absolute atomic E-state index is 12.0. The quantitative estimate of drug-likeness (QED) is 0.717. The maximum Gasteiger partial charge on any atom is 0.321 e. The summed E-state index contributed by atoms with van der Waals surface area (Å²) < 4.78 is 5.49. The first-order chi connectivity index (χ1) is 11.6. The summed E-state index contributed by atoms with van der Waals surface area (Å²) in [4.78, 5) is 23.6. The van der Waals surface area contributed by atoms with E-state index in [1.165, 1.54) is 0 Å². The van der Waals surface area contributed by atoms with Crippen LogP contribution >= 0.6 is 0 Å². The zero-order valence-corrected chi connectivity index (χ0v) is 14.0. The zero-order valence-electron chi connectivity index (χ0n) is 14.0. The third kappa shape index (κ3) is 5.55. The largest absolute Gasteiger partial charge is 0.463 e. The summed E-state index contributed by atoms with van der Waals surface area (Å²) in [5, 5.41) is 6.84. The van der Waals surface area contributed by atoms with Crippen molar-refractivity contribution in [2.45, 2.75) is 19.9 Å². The summed E-state index contributed by atoms with van der Waals surface area (Å²) in [6.07, 6.45) is 1.61. The van der Waals surface area contributed by atoms with Crippen molar-refractivity contribution in [3.8, 4) is 0 Å². The van der Waals surface area contributed by atoms with Gasteiger partial charge >= 0.3 is 6.03 Å². The van der Waals surface area contributed by atoms with Gasteiger partial charge in [0.2, 0.25) is 0 Å². The van der Waals surface area contributed by atoms with Gasteiger partial charge in [-0.05, 0) is 18.1 Å². The Morgan fingerprint density at radius 1 is 1.12 bits per heavy atom. The molecule has 0 bridgehead atoms. The van der Waals surface area contributed by atoms with Crippen LogP contribution in [0.3, 0.4) is 0 Å². The van der Waals surface area contributed by atoms with Crippen LogP contribution in [0.1, 0.15) is 31.2 Å². The first-order valence-electron chi connectivity index (χ1n) is 8.05. The number of nitrogens with two attached hydrogens (primary N) is 1. The van der Waals surface area contributed by atoms with Crippen LogP contribution in [0.5, 0.6) is 0 Å². The molecule has 128 valence electrons. The van der Waals surface area contributed by atoms with Crippen LogP contribution in [-0.4, -0.2) is 25.0 Å². The summed E-state index contributed by atoms with van der Waals surface area (Å²) in [6, 6.07) is 12.9. The van der Waals surface area contributed by atoms with Crippen molar-refractivity contribution in [2.75, 3.05) is 13.1 Å². The molecule has 6 heteroatoms. The monoisotopic (exact) mass is 330 g/mol. The Labute approximate surface area is 141 Å². The van der Waals surface area contributed by atoms with Gasteiger partial charge in [0.05, 0.1) is 6.26 Å². The lowest BCUT2D eigenvalue weighted by Gasteiger charge is -2.14. The fraction of sp³-hybridized carbons (Fsp3) is 0.333. The lowest BCUT2D eigenvalue weighted by molar-refractivity contribution is -0.678. The first-order valence-corrected chi connectivity index (χ1v) is 8.05. The van der Waals surface area contributed by atoms with Gasteiger partial charge in [-0.2, -0.15) is 0 Å². The van der Waals surface area contributed by atoms with E-state index < -0.39 is 6.03 Å². The summed E-state index contributed by atoms with van der Waals surface area (Å²) >= 11 is 0. The van der Waals surface area contributed by atoms with Crippen LogP contribution in [0.2, 0.25) is 0 Å². The predicted molar refractivity (Wildman–Crippen MR) is 90.2 cm³/mol. The molecule has 0 aliphatic heterocycles. The number of carbonyl (C=O) groups excluding carboxylic acids is 2. The Bertz CT molecular complexity index is 639. The summed E-state index contributed by atoms with van der Waals surface area (Å²) in [7, 11) is 0. The van der Waals surface area contributed by atoms with Gasteiger partial charge < -0.3 is 15.1 Å². The van der Waals surface area contributed by atoms with Gasteiger partial charge in [-0.3, -0.25) is 10.1 Å². The van der Waals surface area contributed by atoms with Gasteiger partial charge in [-0.15, -0.1) is 0 Å². The van der Waals surface area contributed by atoms with Crippen molar-refractivity contribution >= 4 is 11.9 Å². The molecule has 1 atom stereocenters. The average molecular weight is 330 g/mol. The molecule has 0 aliphatic rings. The van der Waals surface area contributed by atoms with Crippen LogP contribution in [0.15, 0.2) is 53.1 Å². The summed E-state index contributed by atoms with van der Waals surface area (Å²) in [5.41, 5.74) is 1.03. The summed E-state index contributed by atoms with van der Waals surface area (Å²) in [5.74, 6) is 0.751. The normalized spacial score (nSPS) is 12.0. The van der Waals surface area contributed by atoms with Gasteiger partial charge in [0.25, 0.3) is 5.91 Å². The predicted octanol–water partition coefficient (Wildman–Crippen LogP) is 1.41. The number of hydrogen-bond donors (Lipinski definition) is 3. The van der Waals surface area contributed by atoms with Crippen molar-refractivity contribution in [2.24, 2.45) is 5.92 Å². The molecule has 0 saturated carbocycles. The van der Waals surface area contributed by atoms with E-state index in [1.807, 2.05) is 61.6 Å². The third-order valence-electron chi connectivity index (χ3n) is 3.47. The molecular weight excluding hydrogens is 306 g/mol. The first kappa shape index (κ1) is 17.7. The van der Waals surface area contributed by atoms with Crippen molar-refractivity contribution in [1.29, 1.82) is 0 Å². The van der Waals surface area contributed by atoms with Crippen molar-refractivity contribution < 1.29 is 19.3 Å². The number of urea groups is 1. The number of quaternary nitrogens is 1. The number of nitrogens with one attached hydrogen (secondary N) is 2. The van der Waals surface area contributed by atoms with E-state index >= 15 is 0 Å². The second kappa shape index (κ2) is 8.88. The fourth-order valence-corrected chi connectivity index (χ4v) is 2.29. The molecule has 1 aromatic heterocycles. The molecule has 2 rings (SSSR count). The Kier molecular flexibility index (Phi) is 6.57. The van der Waals surface area contributed by atoms with Crippen LogP contribution in [0.4, 0.5) is 4.79 Å². The van der Waals surface area contributed by atoms with E-state index in [2.05, 4.69) is 10.6 Å². The molecular formula is C18H24N3O3+. The number of imide groups is 1.